The van der Waals surface area contributed by atoms with E-state index in [0.717, 1.165) is 88.1 Å². The van der Waals surface area contributed by atoms with Crippen LogP contribution in [0.1, 0.15) is 31.2 Å². The van der Waals surface area contributed by atoms with Gasteiger partial charge in [0.1, 0.15) is 0 Å². The molecule has 0 aliphatic carbocycles. The average Bonchev–Trinajstić information content (AvgIpc) is 3.53. The Kier molecular flexibility index (Phi) is 7.03. The molecule has 49 heavy (non-hydrogen) atoms. The van der Waals surface area contributed by atoms with Crippen LogP contribution in [0, 0.1) is 6.92 Å². The van der Waals surface area contributed by atoms with Crippen LogP contribution in [0.15, 0.2) is 133 Å². The third-order valence-corrected chi connectivity index (χ3v) is 10.5. The van der Waals surface area contributed by atoms with Crippen LogP contribution in [0.5, 0.6) is 0 Å². The van der Waals surface area contributed by atoms with Crippen molar-refractivity contribution < 1.29 is 0 Å². The zero-order valence-electron chi connectivity index (χ0n) is 27.5. The van der Waals surface area contributed by atoms with Crippen LogP contribution in [0.25, 0.3) is 87.0 Å². The minimum Gasteiger partial charge on any atom is -0.251 e. The Hall–Kier alpha value is -5.78. The van der Waals surface area contributed by atoms with Gasteiger partial charge in [-0.2, -0.15) is 0 Å². The first kappa shape index (κ1) is 29.4. The number of thiophene rings is 1. The molecule has 4 heterocycles. The van der Waals surface area contributed by atoms with Gasteiger partial charge in [0.2, 0.25) is 0 Å². The first-order valence-electron chi connectivity index (χ1n) is 16.7. The summed E-state index contributed by atoms with van der Waals surface area (Å²) in [6.45, 7) is 6.44. The topological polar surface area (TPSA) is 51.6 Å². The number of rotatable bonds is 5. The summed E-state index contributed by atoms with van der Waals surface area (Å²) in [6.07, 6.45) is 0. The molecule has 0 aliphatic heterocycles. The lowest BCUT2D eigenvalue weighted by Gasteiger charge is -2.15. The normalized spacial score (nSPS) is 11.8. The third kappa shape index (κ3) is 5.14. The largest absolute Gasteiger partial charge is 0.251 e. The fourth-order valence-electron chi connectivity index (χ4n) is 6.74. The van der Waals surface area contributed by atoms with Crippen molar-refractivity contribution in [2.75, 3.05) is 0 Å². The van der Waals surface area contributed by atoms with Crippen molar-refractivity contribution in [1.29, 1.82) is 0 Å². The molecule has 0 saturated heterocycles. The van der Waals surface area contributed by atoms with E-state index < -0.39 is 0 Å². The second kappa shape index (κ2) is 11.7. The maximum absolute atomic E-state index is 5.21. The Labute approximate surface area is 288 Å². The highest BCUT2D eigenvalue weighted by Gasteiger charge is 2.18. The quantitative estimate of drug-likeness (QED) is 0.174. The molecule has 0 saturated carbocycles. The van der Waals surface area contributed by atoms with E-state index in [1.807, 2.05) is 13.0 Å². The van der Waals surface area contributed by atoms with Gasteiger partial charge >= 0.3 is 0 Å². The van der Waals surface area contributed by atoms with Crippen LogP contribution in [0.2, 0.25) is 0 Å². The number of fused-ring (bicyclic) bond motifs is 6. The summed E-state index contributed by atoms with van der Waals surface area (Å²) >= 11 is 1.76. The van der Waals surface area contributed by atoms with Crippen LogP contribution in [0.4, 0.5) is 0 Å². The maximum Gasteiger partial charge on any atom is 0.160 e. The van der Waals surface area contributed by atoms with Gasteiger partial charge in [-0.25, -0.2) is 9.97 Å². The lowest BCUT2D eigenvalue weighted by atomic mass is 9.93. The van der Waals surface area contributed by atoms with Gasteiger partial charge in [-0.3, -0.25) is 9.97 Å². The zero-order chi connectivity index (χ0) is 33.1. The number of hydrogen-bond donors (Lipinski definition) is 0. The molecule has 4 nitrogen and oxygen atoms in total. The molecule has 234 valence electrons. The molecule has 0 amide bonds. The van der Waals surface area contributed by atoms with Gasteiger partial charge in [0.25, 0.3) is 0 Å². The lowest BCUT2D eigenvalue weighted by Crippen LogP contribution is -1.97. The number of benzene rings is 5. The lowest BCUT2D eigenvalue weighted by molar-refractivity contribution is 0.831. The van der Waals surface area contributed by atoms with Crippen molar-refractivity contribution in [2.45, 2.75) is 26.7 Å². The molecule has 0 radical (unpaired) electrons. The molecule has 0 atom stereocenters. The molecule has 0 spiro atoms. The van der Waals surface area contributed by atoms with E-state index in [9.17, 15) is 0 Å². The van der Waals surface area contributed by atoms with E-state index >= 15 is 0 Å². The monoisotopic (exact) mass is 648 g/mol. The Morgan fingerprint density at radius 3 is 2.02 bits per heavy atom. The number of pyridine rings is 2. The average molecular weight is 649 g/mol. The summed E-state index contributed by atoms with van der Waals surface area (Å²) < 4.78 is 2.33. The molecule has 5 heteroatoms. The van der Waals surface area contributed by atoms with E-state index in [2.05, 4.69) is 141 Å². The molecule has 9 aromatic rings. The van der Waals surface area contributed by atoms with Gasteiger partial charge in [0.15, 0.2) is 5.82 Å². The zero-order valence-corrected chi connectivity index (χ0v) is 28.3. The SMILES string of the molecule is Cc1ccc2ccc3c(-c4cccc(-c5cccc(-c6nc(-c7ccccc7)c7sc8ccccc8c7n6)c5)c4)cc(C(C)C)nc3c2n1. The van der Waals surface area contributed by atoms with Gasteiger partial charge in [-0.1, -0.05) is 117 Å². The van der Waals surface area contributed by atoms with Crippen LogP contribution in [-0.4, -0.2) is 19.9 Å². The van der Waals surface area contributed by atoms with Gasteiger partial charge in [-0.15, -0.1) is 11.3 Å². The van der Waals surface area contributed by atoms with Gasteiger partial charge in [0.05, 0.1) is 26.9 Å². The molecule has 4 aromatic heterocycles. The van der Waals surface area contributed by atoms with Crippen LogP contribution >= 0.6 is 11.3 Å². The molecule has 0 N–H and O–H groups in total. The summed E-state index contributed by atoms with van der Waals surface area (Å²) in [5.74, 6) is 1.01. The highest BCUT2D eigenvalue weighted by atomic mass is 32.1. The summed E-state index contributed by atoms with van der Waals surface area (Å²) in [5.41, 5.74) is 12.6. The third-order valence-electron chi connectivity index (χ3n) is 9.28. The second-order valence-corrected chi connectivity index (χ2v) is 14.0. The van der Waals surface area contributed by atoms with Crippen molar-refractivity contribution >= 4 is 53.4 Å². The van der Waals surface area contributed by atoms with Crippen molar-refractivity contribution in [3.63, 3.8) is 0 Å². The number of hydrogen-bond acceptors (Lipinski definition) is 5. The van der Waals surface area contributed by atoms with Crippen molar-refractivity contribution in [2.24, 2.45) is 0 Å². The summed E-state index contributed by atoms with van der Waals surface area (Å²) in [6, 6.07) is 47.2. The number of aromatic nitrogens is 4. The minimum atomic E-state index is 0.279. The fourth-order valence-corrected chi connectivity index (χ4v) is 7.89. The Morgan fingerprint density at radius 1 is 0.510 bits per heavy atom. The van der Waals surface area contributed by atoms with Crippen molar-refractivity contribution in [3.05, 3.63) is 145 Å². The molecule has 0 aliphatic rings. The summed E-state index contributed by atoms with van der Waals surface area (Å²) in [4.78, 5) is 20.5. The van der Waals surface area contributed by atoms with Crippen molar-refractivity contribution in [1.82, 2.24) is 19.9 Å². The van der Waals surface area contributed by atoms with E-state index in [1.165, 1.54) is 10.3 Å². The summed E-state index contributed by atoms with van der Waals surface area (Å²) in [7, 11) is 0. The Morgan fingerprint density at radius 2 is 1.20 bits per heavy atom. The van der Waals surface area contributed by atoms with E-state index in [1.54, 1.807) is 11.3 Å². The molecular formula is C44H32N4S. The van der Waals surface area contributed by atoms with Crippen LogP contribution in [0.3, 0.4) is 0 Å². The van der Waals surface area contributed by atoms with Crippen LogP contribution < -0.4 is 0 Å². The van der Waals surface area contributed by atoms with Gasteiger partial charge < -0.3 is 0 Å². The number of nitrogens with zero attached hydrogens (tertiary/aromatic N) is 4. The maximum atomic E-state index is 5.21. The Balaban J connectivity index is 1.19. The predicted octanol–water partition coefficient (Wildman–Crippen LogP) is 12.0. The highest BCUT2D eigenvalue weighted by Crippen LogP contribution is 2.40. The van der Waals surface area contributed by atoms with Crippen molar-refractivity contribution in [3.8, 4) is 44.9 Å². The molecule has 0 fully saturated rings. The predicted molar refractivity (Wildman–Crippen MR) is 206 cm³/mol. The van der Waals surface area contributed by atoms with Crippen LogP contribution in [-0.2, 0) is 0 Å². The van der Waals surface area contributed by atoms with Gasteiger partial charge in [-0.05, 0) is 65.4 Å². The minimum absolute atomic E-state index is 0.279. The molecule has 0 unspecified atom stereocenters. The molecule has 5 aromatic carbocycles. The molecule has 9 rings (SSSR count). The van der Waals surface area contributed by atoms with E-state index in [0.29, 0.717) is 0 Å². The molecular weight excluding hydrogens is 617 g/mol. The van der Waals surface area contributed by atoms with E-state index in [4.69, 9.17) is 19.9 Å². The second-order valence-electron chi connectivity index (χ2n) is 12.9. The van der Waals surface area contributed by atoms with Gasteiger partial charge in [0, 0.05) is 43.4 Å². The first-order valence-corrected chi connectivity index (χ1v) is 17.5. The molecule has 0 bridgehead atoms. The van der Waals surface area contributed by atoms with E-state index in [-0.39, 0.29) is 5.92 Å². The highest BCUT2D eigenvalue weighted by molar-refractivity contribution is 7.26. The standard InChI is InChI=1S/C44H32N4S/c1-26(2)37-25-36(34-22-21-29-20-19-27(3)45-39(29)41(34)46-37)32-15-9-13-30(23-32)31-14-10-16-33(24-31)44-47-40(28-11-5-4-6-12-28)43-42(48-44)35-17-7-8-18-38(35)49-43/h4-26H,1-3H3. The number of aryl methyl sites for hydroxylation is 1. The smallest absolute Gasteiger partial charge is 0.160 e. The first-order chi connectivity index (χ1) is 24.0. The summed E-state index contributed by atoms with van der Waals surface area (Å²) in [5, 5.41) is 3.38. The Bertz CT molecular complexity index is 2710. The fraction of sp³-hybridized carbons (Fsp3) is 0.0909.